The van der Waals surface area contributed by atoms with E-state index >= 15 is 0 Å². The van der Waals surface area contributed by atoms with Crippen LogP contribution >= 0.6 is 0 Å². The summed E-state index contributed by atoms with van der Waals surface area (Å²) in [5, 5.41) is 1.70. The minimum Gasteiger partial charge on any atom is -0.401 e. The number of hydrazine groups is 1. The van der Waals surface area contributed by atoms with Crippen molar-refractivity contribution in [2.45, 2.75) is 92.9 Å². The zero-order valence-electron chi connectivity index (χ0n) is 16.0. The number of rotatable bonds is 10. The summed E-state index contributed by atoms with van der Waals surface area (Å²) < 4.78 is 0. The van der Waals surface area contributed by atoms with Crippen molar-refractivity contribution in [2.24, 2.45) is 11.6 Å². The average Bonchev–Trinajstić information content (AvgIpc) is 2.57. The van der Waals surface area contributed by atoms with Crippen molar-refractivity contribution in [3.63, 3.8) is 0 Å². The van der Waals surface area contributed by atoms with Crippen LogP contribution < -0.4 is 11.6 Å². The zero-order chi connectivity index (χ0) is 17.6. The predicted molar refractivity (Wildman–Crippen MR) is 102 cm³/mol. The van der Waals surface area contributed by atoms with Crippen molar-refractivity contribution in [3.8, 4) is 11.8 Å². The first kappa shape index (κ1) is 25.8. The van der Waals surface area contributed by atoms with Gasteiger partial charge in [0.25, 0.3) is 0 Å². The normalized spacial score (nSPS) is 9.50. The van der Waals surface area contributed by atoms with Crippen LogP contribution in [0.1, 0.15) is 92.9 Å². The summed E-state index contributed by atoms with van der Waals surface area (Å²) in [5.41, 5.74) is 6.55. The van der Waals surface area contributed by atoms with E-state index in [1.807, 2.05) is 47.7 Å². The molecule has 0 spiro atoms. The second-order valence-electron chi connectivity index (χ2n) is 4.59. The van der Waals surface area contributed by atoms with Crippen LogP contribution in [0, 0.1) is 11.8 Å². The Labute approximate surface area is 140 Å². The first-order valence-corrected chi connectivity index (χ1v) is 9.07. The third-order valence-corrected chi connectivity index (χ3v) is 2.88. The molecule has 3 heteroatoms. The fourth-order valence-corrected chi connectivity index (χ4v) is 1.71. The maximum absolute atomic E-state index is 5.81. The predicted octanol–water partition coefficient (Wildman–Crippen LogP) is 5.18. The molecule has 3 nitrogen and oxygen atoms in total. The van der Waals surface area contributed by atoms with Gasteiger partial charge in [0.2, 0.25) is 0 Å². The van der Waals surface area contributed by atoms with E-state index in [0.717, 1.165) is 31.5 Å². The molecule has 0 heterocycles. The lowest BCUT2D eigenvalue weighted by Crippen LogP contribution is -2.27. The topological polar surface area (TPSA) is 55.3 Å². The molecule has 0 unspecified atom stereocenters. The van der Waals surface area contributed by atoms with E-state index < -0.39 is 0 Å². The summed E-state index contributed by atoms with van der Waals surface area (Å²) in [7, 11) is 0. The molecule has 0 bridgehead atoms. The molecule has 0 aliphatic heterocycles. The highest BCUT2D eigenvalue weighted by atomic mass is 15.4. The molecule has 0 aromatic heterocycles. The van der Waals surface area contributed by atoms with E-state index in [-0.39, 0.29) is 0 Å². The minimum atomic E-state index is 0.842. The molecule has 0 amide bonds. The second kappa shape index (κ2) is 24.9. The highest BCUT2D eigenvalue weighted by Crippen LogP contribution is 2.07. The number of nitrogens with zero attached hydrogens (tertiary/aromatic N) is 1. The molecule has 0 saturated carbocycles. The Morgan fingerprint density at radius 3 is 1.95 bits per heavy atom. The number of hydrogen-bond donors (Lipinski definition) is 2. The first-order valence-electron chi connectivity index (χ1n) is 9.07. The van der Waals surface area contributed by atoms with Gasteiger partial charge in [-0.3, -0.25) is 0 Å². The van der Waals surface area contributed by atoms with Crippen LogP contribution in [0.5, 0.6) is 0 Å². The van der Waals surface area contributed by atoms with Gasteiger partial charge in [-0.25, -0.2) is 5.84 Å². The van der Waals surface area contributed by atoms with Crippen molar-refractivity contribution >= 4 is 0 Å². The third kappa shape index (κ3) is 23.9. The van der Waals surface area contributed by atoms with Gasteiger partial charge in [0.1, 0.15) is 0 Å². The Hall–Kier alpha value is -1.14. The molecule has 0 aliphatic carbocycles. The van der Waals surface area contributed by atoms with Gasteiger partial charge in [-0.1, -0.05) is 60.3 Å². The van der Waals surface area contributed by atoms with E-state index in [0.29, 0.717) is 0 Å². The Kier molecular flexibility index (Phi) is 29.1. The standard InChI is InChI=1S/C15H29N3.2C2H6/c1-3-5-6-7-8-9-10-11-12-13-18(17)14-15(16)4-2;2*1-2/h14H,4,6-13,16-17H2,1-2H3;2*1-2H3/b15-14-;;. The first-order chi connectivity index (χ1) is 10.7. The summed E-state index contributed by atoms with van der Waals surface area (Å²) >= 11 is 0. The maximum Gasteiger partial charge on any atom is 0.0342 e. The third-order valence-electron chi connectivity index (χ3n) is 2.88. The van der Waals surface area contributed by atoms with Gasteiger partial charge in [-0.15, -0.1) is 11.8 Å². The smallest absolute Gasteiger partial charge is 0.0342 e. The quantitative estimate of drug-likeness (QED) is 0.253. The van der Waals surface area contributed by atoms with Gasteiger partial charge < -0.3 is 10.7 Å². The lowest BCUT2D eigenvalue weighted by Gasteiger charge is -2.14. The van der Waals surface area contributed by atoms with Crippen LogP contribution in [0.15, 0.2) is 11.9 Å². The number of unbranched alkanes of at least 4 members (excludes halogenated alkanes) is 6. The summed E-state index contributed by atoms with van der Waals surface area (Å²) in [6, 6.07) is 0. The van der Waals surface area contributed by atoms with Crippen LogP contribution in [0.4, 0.5) is 0 Å². The average molecular weight is 312 g/mol. The van der Waals surface area contributed by atoms with E-state index in [4.69, 9.17) is 11.6 Å². The van der Waals surface area contributed by atoms with Gasteiger partial charge in [-0.2, -0.15) is 0 Å². The summed E-state index contributed by atoms with van der Waals surface area (Å²) in [6.45, 7) is 12.8. The van der Waals surface area contributed by atoms with Crippen molar-refractivity contribution in [3.05, 3.63) is 11.9 Å². The fourth-order valence-electron chi connectivity index (χ4n) is 1.71. The molecule has 22 heavy (non-hydrogen) atoms. The van der Waals surface area contributed by atoms with Gasteiger partial charge >= 0.3 is 0 Å². The monoisotopic (exact) mass is 311 g/mol. The van der Waals surface area contributed by atoms with Crippen molar-refractivity contribution in [2.75, 3.05) is 6.54 Å². The molecular formula is C19H41N3. The molecule has 0 atom stereocenters. The lowest BCUT2D eigenvalue weighted by atomic mass is 10.1. The van der Waals surface area contributed by atoms with Gasteiger partial charge in [0.05, 0.1) is 0 Å². The van der Waals surface area contributed by atoms with E-state index in [2.05, 4.69) is 11.8 Å². The molecule has 0 radical (unpaired) electrons. The van der Waals surface area contributed by atoms with E-state index in [1.165, 1.54) is 32.1 Å². The highest BCUT2D eigenvalue weighted by Gasteiger charge is 1.95. The Morgan fingerprint density at radius 1 is 0.955 bits per heavy atom. The van der Waals surface area contributed by atoms with Crippen LogP contribution in [-0.2, 0) is 0 Å². The Balaban J connectivity index is -0.000000826. The van der Waals surface area contributed by atoms with Gasteiger partial charge in [0.15, 0.2) is 0 Å². The number of nitrogens with two attached hydrogens (primary N) is 2. The number of hydrogen-bond acceptors (Lipinski definition) is 3. The van der Waals surface area contributed by atoms with E-state index in [9.17, 15) is 0 Å². The van der Waals surface area contributed by atoms with Crippen LogP contribution in [-0.4, -0.2) is 11.6 Å². The SMILES string of the molecule is CC.CC.CC#CCCCCCCCCN(N)/C=C(\N)CC. The fraction of sp³-hybridized carbons (Fsp3) is 0.789. The van der Waals surface area contributed by atoms with E-state index in [1.54, 1.807) is 5.01 Å². The summed E-state index contributed by atoms with van der Waals surface area (Å²) in [6.07, 6.45) is 11.3. The molecule has 0 rings (SSSR count). The lowest BCUT2D eigenvalue weighted by molar-refractivity contribution is 0.372. The molecule has 0 fully saturated rings. The van der Waals surface area contributed by atoms with Crippen molar-refractivity contribution < 1.29 is 0 Å². The number of allylic oxidation sites excluding steroid dienone is 1. The maximum atomic E-state index is 5.81. The summed E-state index contributed by atoms with van der Waals surface area (Å²) in [4.78, 5) is 0. The minimum absolute atomic E-state index is 0.842. The zero-order valence-corrected chi connectivity index (χ0v) is 16.0. The highest BCUT2D eigenvalue weighted by molar-refractivity contribution is 4.94. The van der Waals surface area contributed by atoms with Gasteiger partial charge in [-0.05, 0) is 26.2 Å². The Bertz CT molecular complexity index is 274. The van der Waals surface area contributed by atoms with Crippen molar-refractivity contribution in [1.29, 1.82) is 0 Å². The molecule has 4 N–H and O–H groups in total. The molecular weight excluding hydrogens is 270 g/mol. The molecule has 0 aromatic rings. The van der Waals surface area contributed by atoms with Crippen LogP contribution in [0.25, 0.3) is 0 Å². The Morgan fingerprint density at radius 2 is 1.45 bits per heavy atom. The summed E-state index contributed by atoms with van der Waals surface area (Å²) in [5.74, 6) is 11.8. The second-order valence-corrected chi connectivity index (χ2v) is 4.59. The van der Waals surface area contributed by atoms with Crippen LogP contribution in [0.3, 0.4) is 0 Å². The van der Waals surface area contributed by atoms with Gasteiger partial charge in [0, 0.05) is 24.9 Å². The van der Waals surface area contributed by atoms with Crippen molar-refractivity contribution in [1.82, 2.24) is 5.01 Å². The molecule has 0 aromatic carbocycles. The van der Waals surface area contributed by atoms with Crippen LogP contribution in [0.2, 0.25) is 0 Å². The molecule has 0 saturated heterocycles. The molecule has 0 aliphatic rings. The molecule has 132 valence electrons. The largest absolute Gasteiger partial charge is 0.401 e.